The first kappa shape index (κ1) is 14.4. The highest BCUT2D eigenvalue weighted by Crippen LogP contribution is 2.26. The lowest BCUT2D eigenvalue weighted by molar-refractivity contribution is 0.494. The molecule has 3 rings (SSSR count). The molecule has 0 bridgehead atoms. The molecule has 2 aromatic rings. The number of aryl methyl sites for hydroxylation is 1. The van der Waals surface area contributed by atoms with Crippen molar-refractivity contribution in [1.82, 2.24) is 4.31 Å². The Bertz CT molecular complexity index is 621. The van der Waals surface area contributed by atoms with E-state index in [1.165, 1.54) is 12.8 Å². The predicted octanol–water partition coefficient (Wildman–Crippen LogP) is 3.71. The van der Waals surface area contributed by atoms with E-state index in [1.807, 2.05) is 31.2 Å². The van der Waals surface area contributed by atoms with Crippen molar-refractivity contribution in [1.29, 1.82) is 0 Å². The first-order chi connectivity index (χ1) is 10.1. The van der Waals surface area contributed by atoms with Gasteiger partial charge in [0.05, 0.1) is 0 Å². The van der Waals surface area contributed by atoms with Crippen molar-refractivity contribution in [2.24, 2.45) is 0 Å². The van der Waals surface area contributed by atoms with E-state index in [0.717, 1.165) is 40.4 Å². The van der Waals surface area contributed by atoms with Crippen LogP contribution < -0.4 is 5.73 Å². The highest BCUT2D eigenvalue weighted by Gasteiger charge is 2.32. The second-order valence-corrected chi connectivity index (χ2v) is 7.01. The van der Waals surface area contributed by atoms with Crippen molar-refractivity contribution < 1.29 is 4.55 Å². The Kier molecular flexibility index (Phi) is 4.19. The van der Waals surface area contributed by atoms with Gasteiger partial charge in [0, 0.05) is 18.8 Å². The van der Waals surface area contributed by atoms with Crippen LogP contribution in [-0.4, -0.2) is 21.9 Å². The van der Waals surface area contributed by atoms with E-state index in [4.69, 9.17) is 5.73 Å². The van der Waals surface area contributed by atoms with E-state index in [-0.39, 0.29) is 0 Å². The van der Waals surface area contributed by atoms with Crippen molar-refractivity contribution in [2.75, 3.05) is 18.8 Å². The van der Waals surface area contributed by atoms with Crippen molar-refractivity contribution >= 4 is 17.0 Å². The van der Waals surface area contributed by atoms with E-state index in [0.29, 0.717) is 0 Å². The molecule has 2 aromatic carbocycles. The third kappa shape index (κ3) is 3.07. The summed E-state index contributed by atoms with van der Waals surface area (Å²) in [6.45, 7) is 4.02. The average molecular weight is 301 g/mol. The van der Waals surface area contributed by atoms with Crippen molar-refractivity contribution in [2.45, 2.75) is 24.7 Å². The van der Waals surface area contributed by atoms with Gasteiger partial charge in [0.25, 0.3) is 11.4 Å². The third-order valence-electron chi connectivity index (χ3n) is 3.98. The summed E-state index contributed by atoms with van der Waals surface area (Å²) >= 11 is -0.768. The maximum Gasteiger partial charge on any atom is 0.278 e. The molecule has 1 fully saturated rings. The fraction of sp³-hybridized carbons (Fsp3) is 0.294. The minimum absolute atomic E-state index is 0.768. The van der Waals surface area contributed by atoms with Crippen molar-refractivity contribution in [3.63, 3.8) is 0 Å². The Balaban J connectivity index is 1.81. The Hall–Kier alpha value is -1.49. The van der Waals surface area contributed by atoms with E-state index >= 15 is 0 Å². The van der Waals surface area contributed by atoms with Crippen LogP contribution in [0.3, 0.4) is 0 Å². The molecule has 1 heterocycles. The molecule has 21 heavy (non-hydrogen) atoms. The largest absolute Gasteiger partial charge is 0.399 e. The number of nitrogens with zero attached hydrogens (tertiary/aromatic N) is 1. The molecule has 3 nitrogen and oxygen atoms in total. The molecule has 0 aliphatic carbocycles. The summed E-state index contributed by atoms with van der Waals surface area (Å²) < 4.78 is 12.6. The normalized spacial score (nSPS) is 17.0. The number of benzene rings is 2. The highest BCUT2D eigenvalue weighted by molar-refractivity contribution is 7.89. The SMILES string of the molecule is Cc1cc(-c2ccc([S+](O)N3CCCC3)cc2)ccc1N. The van der Waals surface area contributed by atoms with E-state index in [9.17, 15) is 4.55 Å². The molecule has 1 unspecified atom stereocenters. The van der Waals surface area contributed by atoms with E-state index in [1.54, 1.807) is 0 Å². The van der Waals surface area contributed by atoms with Crippen LogP contribution in [0.15, 0.2) is 47.4 Å². The topological polar surface area (TPSA) is 49.5 Å². The fourth-order valence-electron chi connectivity index (χ4n) is 2.63. The van der Waals surface area contributed by atoms with Gasteiger partial charge in [0.15, 0.2) is 0 Å². The standard InChI is InChI=1S/C17H21N2OS/c1-13-12-15(6-9-17(13)18)14-4-7-16(8-5-14)21(20)19-10-2-3-11-19/h4-9,12,20H,2-3,10-11,18H2,1H3/q+1. The lowest BCUT2D eigenvalue weighted by Gasteiger charge is -2.10. The first-order valence-corrected chi connectivity index (χ1v) is 8.44. The molecule has 0 saturated carbocycles. The van der Waals surface area contributed by atoms with Gasteiger partial charge in [0.1, 0.15) is 0 Å². The van der Waals surface area contributed by atoms with Crippen molar-refractivity contribution in [3.8, 4) is 11.1 Å². The number of hydrogen-bond donors (Lipinski definition) is 2. The summed E-state index contributed by atoms with van der Waals surface area (Å²) in [5.41, 5.74) is 10.1. The Morgan fingerprint density at radius 3 is 2.24 bits per heavy atom. The lowest BCUT2D eigenvalue weighted by atomic mass is 10.0. The molecule has 1 aliphatic rings. The van der Waals surface area contributed by atoms with Gasteiger partial charge in [-0.05, 0) is 72.9 Å². The number of nitrogen functional groups attached to an aromatic ring is 1. The second kappa shape index (κ2) is 6.10. The highest BCUT2D eigenvalue weighted by atomic mass is 32.2. The minimum atomic E-state index is -0.768. The monoisotopic (exact) mass is 301 g/mol. The number of hydrogen-bond acceptors (Lipinski definition) is 3. The van der Waals surface area contributed by atoms with Crippen LogP contribution in [0.25, 0.3) is 11.1 Å². The van der Waals surface area contributed by atoms with E-state index in [2.05, 4.69) is 22.5 Å². The fourth-order valence-corrected chi connectivity index (χ4v) is 3.92. The Labute approximate surface area is 129 Å². The van der Waals surface area contributed by atoms with Crippen molar-refractivity contribution in [3.05, 3.63) is 48.0 Å². The Morgan fingerprint density at radius 1 is 1.00 bits per heavy atom. The zero-order chi connectivity index (χ0) is 14.8. The van der Waals surface area contributed by atoms with E-state index < -0.39 is 11.4 Å². The quantitative estimate of drug-likeness (QED) is 0.671. The maximum atomic E-state index is 10.4. The van der Waals surface area contributed by atoms with Gasteiger partial charge in [-0.2, -0.15) is 4.55 Å². The predicted molar refractivity (Wildman–Crippen MR) is 90.1 cm³/mol. The van der Waals surface area contributed by atoms with Gasteiger partial charge in [-0.1, -0.05) is 10.4 Å². The number of nitrogens with two attached hydrogens (primary N) is 1. The minimum Gasteiger partial charge on any atom is -0.399 e. The van der Waals surface area contributed by atoms with Gasteiger partial charge in [-0.25, -0.2) is 0 Å². The molecule has 110 valence electrons. The van der Waals surface area contributed by atoms with Gasteiger partial charge < -0.3 is 5.73 Å². The molecule has 1 atom stereocenters. The summed E-state index contributed by atoms with van der Waals surface area (Å²) in [7, 11) is 0. The number of anilines is 1. The molecule has 0 spiro atoms. The first-order valence-electron chi connectivity index (χ1n) is 7.30. The van der Waals surface area contributed by atoms with Crippen LogP contribution in [0, 0.1) is 6.92 Å². The molecular formula is C17H21N2OS+. The Morgan fingerprint density at radius 2 is 1.62 bits per heavy atom. The van der Waals surface area contributed by atoms with Crippen LogP contribution in [0.2, 0.25) is 0 Å². The van der Waals surface area contributed by atoms with Crippen LogP contribution in [0.5, 0.6) is 0 Å². The van der Waals surface area contributed by atoms with Gasteiger partial charge in [-0.3, -0.25) is 0 Å². The van der Waals surface area contributed by atoms with Crippen LogP contribution in [0.1, 0.15) is 18.4 Å². The smallest absolute Gasteiger partial charge is 0.278 e. The summed E-state index contributed by atoms with van der Waals surface area (Å²) in [6, 6.07) is 14.3. The zero-order valence-corrected chi connectivity index (χ0v) is 13.1. The van der Waals surface area contributed by atoms with Crippen LogP contribution in [0.4, 0.5) is 5.69 Å². The molecule has 1 aliphatic heterocycles. The van der Waals surface area contributed by atoms with Crippen LogP contribution >= 0.6 is 0 Å². The summed E-state index contributed by atoms with van der Waals surface area (Å²) in [6.07, 6.45) is 2.37. The zero-order valence-electron chi connectivity index (χ0n) is 12.2. The summed E-state index contributed by atoms with van der Waals surface area (Å²) in [5, 5.41) is 0. The molecular weight excluding hydrogens is 280 g/mol. The van der Waals surface area contributed by atoms with Gasteiger partial charge in [-0.15, -0.1) is 0 Å². The summed E-state index contributed by atoms with van der Waals surface area (Å²) in [4.78, 5) is 0.993. The average Bonchev–Trinajstić information content (AvgIpc) is 3.04. The maximum absolute atomic E-state index is 10.4. The summed E-state index contributed by atoms with van der Waals surface area (Å²) in [5.74, 6) is 0. The molecule has 0 amide bonds. The molecule has 4 heteroatoms. The van der Waals surface area contributed by atoms with Gasteiger partial charge >= 0.3 is 0 Å². The molecule has 0 aromatic heterocycles. The molecule has 1 saturated heterocycles. The second-order valence-electron chi connectivity index (χ2n) is 5.50. The molecule has 3 N–H and O–H groups in total. The van der Waals surface area contributed by atoms with Crippen LogP contribution in [-0.2, 0) is 11.4 Å². The lowest BCUT2D eigenvalue weighted by Crippen LogP contribution is -2.27. The van der Waals surface area contributed by atoms with Gasteiger partial charge in [0.2, 0.25) is 4.90 Å². The third-order valence-corrected chi connectivity index (χ3v) is 5.53. The number of rotatable bonds is 3. The molecule has 0 radical (unpaired) electrons.